The van der Waals surface area contributed by atoms with E-state index in [9.17, 15) is 18.9 Å². The summed E-state index contributed by atoms with van der Waals surface area (Å²) in [6.45, 7) is 9.11. The molecule has 6 nitrogen and oxygen atoms in total. The highest BCUT2D eigenvalue weighted by Gasteiger charge is 2.53. The lowest BCUT2D eigenvalue weighted by molar-refractivity contribution is -0.161. The summed E-state index contributed by atoms with van der Waals surface area (Å²) in [5, 5.41) is 10.5. The van der Waals surface area contributed by atoms with Crippen LogP contribution in [0, 0.1) is 16.1 Å². The molecule has 0 radical (unpaired) electrons. The van der Waals surface area contributed by atoms with Crippen LogP contribution in [0.2, 0.25) is 10.0 Å². The number of nitrogens with one attached hydrogen (secondary N) is 1. The monoisotopic (exact) mass is 566 g/mol. The fourth-order valence-corrected chi connectivity index (χ4v) is 7.05. The van der Waals surface area contributed by atoms with Gasteiger partial charge in [-0.25, -0.2) is 4.21 Å². The number of rotatable bonds is 9. The average molecular weight is 568 g/mol. The molecule has 0 spiro atoms. The number of halogens is 2. The number of aliphatic carboxylic acids is 1. The zero-order valence-electron chi connectivity index (χ0n) is 21.9. The first kappa shape index (κ1) is 29.5. The molecular formula is C28H36Cl2N2O4S. The minimum Gasteiger partial charge on any atom is -0.481 e. The highest BCUT2D eigenvalue weighted by Crippen LogP contribution is 2.52. The molecule has 1 fully saturated rings. The molecule has 1 aliphatic heterocycles. The van der Waals surface area contributed by atoms with E-state index in [1.165, 1.54) is 0 Å². The van der Waals surface area contributed by atoms with Crippen molar-refractivity contribution in [2.24, 2.45) is 11.3 Å². The van der Waals surface area contributed by atoms with Crippen LogP contribution in [0.25, 0.3) is 0 Å². The van der Waals surface area contributed by atoms with E-state index < -0.39 is 38.4 Å². The van der Waals surface area contributed by atoms with Gasteiger partial charge >= 0.3 is 5.97 Å². The molecule has 2 N–H and O–H groups in total. The first-order valence-corrected chi connectivity index (χ1v) is 15.0. The molecule has 202 valence electrons. The molecule has 9 heteroatoms. The maximum absolute atomic E-state index is 14.3. The number of likely N-dealkylation sites (tertiary alicyclic amines) is 1. The summed E-state index contributed by atoms with van der Waals surface area (Å²) in [6, 6.07) is 13.7. The normalized spacial score (nSPS) is 24.8. The molecule has 0 aromatic heterocycles. The highest BCUT2D eigenvalue weighted by molar-refractivity contribution is 7.93. The van der Waals surface area contributed by atoms with Crippen molar-refractivity contribution in [3.63, 3.8) is 0 Å². The Labute approximate surface area is 230 Å². The minimum absolute atomic E-state index is 0.00355. The van der Waals surface area contributed by atoms with E-state index in [-0.39, 0.29) is 29.9 Å². The number of benzene rings is 2. The fraction of sp³-hybridized carbons (Fsp3) is 0.500. The molecule has 0 bridgehead atoms. The van der Waals surface area contributed by atoms with Gasteiger partial charge in [0.1, 0.15) is 0 Å². The van der Waals surface area contributed by atoms with Gasteiger partial charge in [-0.2, -0.15) is 0 Å². The van der Waals surface area contributed by atoms with Crippen molar-refractivity contribution in [1.82, 2.24) is 4.90 Å². The summed E-state index contributed by atoms with van der Waals surface area (Å²) in [7, 11) is -3.03. The molecule has 1 amide bonds. The Bertz CT molecular complexity index is 1250. The first-order chi connectivity index (χ1) is 17.2. The third kappa shape index (κ3) is 6.50. The van der Waals surface area contributed by atoms with Crippen molar-refractivity contribution >= 4 is 44.8 Å². The number of carboxylic acids is 1. The zero-order chi connectivity index (χ0) is 27.7. The van der Waals surface area contributed by atoms with Gasteiger partial charge in [0.25, 0.3) is 0 Å². The van der Waals surface area contributed by atoms with E-state index in [0.717, 1.165) is 11.1 Å². The fourth-order valence-electron chi connectivity index (χ4n) is 5.28. The van der Waals surface area contributed by atoms with E-state index in [1.807, 2.05) is 44.2 Å². The lowest BCUT2D eigenvalue weighted by Crippen LogP contribution is -2.59. The number of hydrogen-bond acceptors (Lipinski definition) is 4. The molecule has 1 heterocycles. The Morgan fingerprint density at radius 3 is 2.24 bits per heavy atom. The molecule has 5 atom stereocenters. The predicted molar refractivity (Wildman–Crippen MR) is 150 cm³/mol. The van der Waals surface area contributed by atoms with Crippen molar-refractivity contribution in [3.8, 4) is 0 Å². The number of piperidine rings is 1. The Morgan fingerprint density at radius 2 is 1.73 bits per heavy atom. The zero-order valence-corrected chi connectivity index (χ0v) is 24.2. The van der Waals surface area contributed by atoms with Crippen LogP contribution in [0.15, 0.2) is 48.5 Å². The molecule has 1 unspecified atom stereocenters. The molecule has 1 saturated heterocycles. The van der Waals surface area contributed by atoms with Crippen molar-refractivity contribution in [3.05, 3.63) is 69.7 Å². The SMILES string of the molecule is CC(C)[C@@H](CS(=N)(=O)C(C)C)N1C(=O)[C@@](C)(CC(=O)O)C[C@H](c2cccc(Cl)c2)[C@H]1c1ccc(Cl)cc1. The molecule has 37 heavy (non-hydrogen) atoms. The van der Waals surface area contributed by atoms with Crippen LogP contribution in [0.5, 0.6) is 0 Å². The van der Waals surface area contributed by atoms with Crippen LogP contribution in [0.4, 0.5) is 0 Å². The second kappa shape index (κ2) is 11.3. The van der Waals surface area contributed by atoms with Crippen LogP contribution < -0.4 is 0 Å². The minimum atomic E-state index is -3.03. The molecule has 3 rings (SSSR count). The van der Waals surface area contributed by atoms with Crippen molar-refractivity contribution in [1.29, 1.82) is 4.78 Å². The number of hydrogen-bond donors (Lipinski definition) is 2. The van der Waals surface area contributed by atoms with Gasteiger partial charge in [-0.05, 0) is 47.7 Å². The maximum atomic E-state index is 14.3. The molecule has 2 aromatic rings. The van der Waals surface area contributed by atoms with Crippen LogP contribution in [-0.4, -0.2) is 43.1 Å². The number of carbonyl (C=O) groups excluding carboxylic acids is 1. The number of carbonyl (C=O) groups is 2. The third-order valence-corrected chi connectivity index (χ3v) is 10.3. The average Bonchev–Trinajstić information content (AvgIpc) is 2.79. The van der Waals surface area contributed by atoms with Gasteiger partial charge in [-0.3, -0.25) is 14.4 Å². The lowest BCUT2D eigenvalue weighted by atomic mass is 9.66. The van der Waals surface area contributed by atoms with E-state index in [1.54, 1.807) is 43.9 Å². The van der Waals surface area contributed by atoms with E-state index in [2.05, 4.69) is 0 Å². The van der Waals surface area contributed by atoms with Gasteiger partial charge in [0.15, 0.2) is 0 Å². The van der Waals surface area contributed by atoms with E-state index in [0.29, 0.717) is 16.5 Å². The van der Waals surface area contributed by atoms with Crippen molar-refractivity contribution in [2.75, 3.05) is 5.75 Å². The molecule has 2 aromatic carbocycles. The molecule has 1 aliphatic rings. The summed E-state index contributed by atoms with van der Waals surface area (Å²) in [6.07, 6.45) is -0.0362. The highest BCUT2D eigenvalue weighted by atomic mass is 35.5. The third-order valence-electron chi connectivity index (χ3n) is 7.44. The summed E-state index contributed by atoms with van der Waals surface area (Å²) >= 11 is 12.6. The Balaban J connectivity index is 2.30. The largest absolute Gasteiger partial charge is 0.481 e. The topological polar surface area (TPSA) is 98.5 Å². The number of nitrogens with zero attached hydrogens (tertiary/aromatic N) is 1. The van der Waals surface area contributed by atoms with Gasteiger partial charge in [0, 0.05) is 37.0 Å². The smallest absolute Gasteiger partial charge is 0.304 e. The van der Waals surface area contributed by atoms with Crippen LogP contribution >= 0.6 is 23.2 Å². The quantitative estimate of drug-likeness (QED) is 0.341. The van der Waals surface area contributed by atoms with Gasteiger partial charge in [-0.15, -0.1) is 0 Å². The summed E-state index contributed by atoms with van der Waals surface area (Å²) < 4.78 is 22.0. The molecule has 0 aliphatic carbocycles. The van der Waals surface area contributed by atoms with Crippen LogP contribution in [0.3, 0.4) is 0 Å². The molecule has 0 saturated carbocycles. The standard InChI is InChI=1S/C28H36Cl2N2O4S/c1-17(2)24(16-37(31,36)18(3)4)32-26(19-9-11-21(29)12-10-19)23(20-7-6-8-22(30)13-20)14-28(5,27(32)35)15-25(33)34/h6-13,17-18,23-24,26,31H,14-16H2,1-5H3,(H,33,34)/t23-,24-,26-,28-,37?/m1/s1. The Kier molecular flexibility index (Phi) is 9.03. The van der Waals surface area contributed by atoms with Crippen molar-refractivity contribution < 1.29 is 18.9 Å². The number of carboxylic acid groups (broad SMARTS) is 1. The van der Waals surface area contributed by atoms with Gasteiger partial charge in [-0.1, -0.05) is 82.1 Å². The van der Waals surface area contributed by atoms with Crippen LogP contribution in [0.1, 0.15) is 70.5 Å². The van der Waals surface area contributed by atoms with Gasteiger partial charge in [0.05, 0.1) is 23.6 Å². The summed E-state index contributed by atoms with van der Waals surface area (Å²) in [4.78, 5) is 28.0. The van der Waals surface area contributed by atoms with Gasteiger partial charge < -0.3 is 10.0 Å². The Hall–Kier alpha value is -2.09. The van der Waals surface area contributed by atoms with E-state index in [4.69, 9.17) is 28.0 Å². The second-order valence-electron chi connectivity index (χ2n) is 11.0. The maximum Gasteiger partial charge on any atom is 0.304 e. The summed E-state index contributed by atoms with van der Waals surface area (Å²) in [5.41, 5.74) is 0.529. The molecular weight excluding hydrogens is 531 g/mol. The van der Waals surface area contributed by atoms with E-state index >= 15 is 0 Å². The second-order valence-corrected chi connectivity index (χ2v) is 14.6. The lowest BCUT2D eigenvalue weighted by Gasteiger charge is -2.53. The first-order valence-electron chi connectivity index (χ1n) is 12.5. The van der Waals surface area contributed by atoms with Crippen molar-refractivity contribution in [2.45, 2.75) is 70.7 Å². The Morgan fingerprint density at radius 1 is 1.11 bits per heavy atom. The summed E-state index contributed by atoms with van der Waals surface area (Å²) in [5.74, 6) is -1.77. The van der Waals surface area contributed by atoms with Crippen LogP contribution in [-0.2, 0) is 19.3 Å². The predicted octanol–water partition coefficient (Wildman–Crippen LogP) is 7.01. The van der Waals surface area contributed by atoms with Gasteiger partial charge in [0.2, 0.25) is 5.91 Å². The number of amides is 1.